The third-order valence-corrected chi connectivity index (χ3v) is 3.31. The summed E-state index contributed by atoms with van der Waals surface area (Å²) in [5, 5.41) is 0.759. The minimum Gasteiger partial charge on any atom is -0.364 e. The third kappa shape index (κ3) is 1.08. The molecule has 1 N–H and O–H groups in total. The van der Waals surface area contributed by atoms with Crippen LogP contribution in [0.15, 0.2) is 18.3 Å². The number of rotatable bonds is 1. The van der Waals surface area contributed by atoms with Gasteiger partial charge in [-0.05, 0) is 30.7 Å². The summed E-state index contributed by atoms with van der Waals surface area (Å²) < 4.78 is 0. The molecule has 2 rings (SSSR count). The van der Waals surface area contributed by atoms with Gasteiger partial charge in [0.2, 0.25) is 0 Å². The van der Waals surface area contributed by atoms with Crippen LogP contribution in [0.4, 0.5) is 0 Å². The summed E-state index contributed by atoms with van der Waals surface area (Å²) in [7, 11) is 0. The quantitative estimate of drug-likeness (QED) is 0.655. The van der Waals surface area contributed by atoms with Crippen LogP contribution in [-0.2, 0) is 0 Å². The van der Waals surface area contributed by atoms with Gasteiger partial charge in [0.05, 0.1) is 0 Å². The Morgan fingerprint density at radius 3 is 3.20 bits per heavy atom. The van der Waals surface area contributed by atoms with Crippen LogP contribution in [0.1, 0.15) is 23.8 Å². The van der Waals surface area contributed by atoms with Crippen LogP contribution in [0.2, 0.25) is 0 Å². The fourth-order valence-corrected chi connectivity index (χ4v) is 2.64. The van der Waals surface area contributed by atoms with Gasteiger partial charge in [-0.1, -0.05) is 0 Å². The average molecular weight is 153 g/mol. The number of thioether (sulfide) groups is 1. The molecule has 1 fully saturated rings. The van der Waals surface area contributed by atoms with E-state index in [0.717, 1.165) is 5.25 Å². The van der Waals surface area contributed by atoms with E-state index in [1.807, 2.05) is 6.20 Å². The zero-order valence-corrected chi connectivity index (χ0v) is 6.66. The number of aromatic nitrogens is 1. The molecule has 1 atom stereocenters. The van der Waals surface area contributed by atoms with Gasteiger partial charge in [0.25, 0.3) is 0 Å². The molecule has 1 aromatic rings. The largest absolute Gasteiger partial charge is 0.364 e. The molecule has 1 aromatic heterocycles. The highest BCUT2D eigenvalue weighted by Gasteiger charge is 2.17. The molecule has 0 bridgehead atoms. The minimum absolute atomic E-state index is 0.759. The normalized spacial score (nSPS) is 25.4. The van der Waals surface area contributed by atoms with Gasteiger partial charge in [-0.25, -0.2) is 0 Å². The molecule has 0 spiro atoms. The van der Waals surface area contributed by atoms with E-state index in [1.54, 1.807) is 0 Å². The SMILES string of the molecule is c1c[nH]c(C2CCCS2)c1. The zero-order valence-electron chi connectivity index (χ0n) is 5.84. The van der Waals surface area contributed by atoms with Gasteiger partial charge in [-0.15, -0.1) is 0 Å². The Bertz CT molecular complexity index is 187. The fourth-order valence-electron chi connectivity index (χ4n) is 1.37. The molecule has 54 valence electrons. The zero-order chi connectivity index (χ0) is 6.81. The summed E-state index contributed by atoms with van der Waals surface area (Å²) in [6.07, 6.45) is 4.74. The maximum atomic E-state index is 3.26. The molecule has 1 aliphatic rings. The molecular weight excluding hydrogens is 142 g/mol. The lowest BCUT2D eigenvalue weighted by Crippen LogP contribution is -1.86. The van der Waals surface area contributed by atoms with Crippen LogP contribution in [0.25, 0.3) is 0 Å². The smallest absolute Gasteiger partial charge is 0.0448 e. The lowest BCUT2D eigenvalue weighted by atomic mass is 10.2. The van der Waals surface area contributed by atoms with Crippen molar-refractivity contribution in [2.75, 3.05) is 5.75 Å². The van der Waals surface area contributed by atoms with E-state index in [-0.39, 0.29) is 0 Å². The first-order valence-corrected chi connectivity index (χ1v) is 4.76. The highest BCUT2D eigenvalue weighted by molar-refractivity contribution is 7.99. The van der Waals surface area contributed by atoms with Crippen LogP contribution in [0.3, 0.4) is 0 Å². The van der Waals surface area contributed by atoms with Gasteiger partial charge in [0.15, 0.2) is 0 Å². The van der Waals surface area contributed by atoms with E-state index in [2.05, 4.69) is 28.9 Å². The maximum Gasteiger partial charge on any atom is 0.0448 e. The molecule has 0 saturated carbocycles. The highest BCUT2D eigenvalue weighted by atomic mass is 32.2. The van der Waals surface area contributed by atoms with Crippen molar-refractivity contribution in [2.45, 2.75) is 18.1 Å². The fraction of sp³-hybridized carbons (Fsp3) is 0.500. The van der Waals surface area contributed by atoms with Crippen LogP contribution in [0, 0.1) is 0 Å². The van der Waals surface area contributed by atoms with Gasteiger partial charge in [-0.2, -0.15) is 11.8 Å². The van der Waals surface area contributed by atoms with Crippen molar-refractivity contribution in [3.63, 3.8) is 0 Å². The molecule has 0 radical (unpaired) electrons. The van der Waals surface area contributed by atoms with Gasteiger partial charge in [0, 0.05) is 17.1 Å². The molecule has 2 heterocycles. The molecule has 10 heavy (non-hydrogen) atoms. The Labute approximate surface area is 65.2 Å². The van der Waals surface area contributed by atoms with E-state index in [4.69, 9.17) is 0 Å². The summed E-state index contributed by atoms with van der Waals surface area (Å²) >= 11 is 2.07. The van der Waals surface area contributed by atoms with Gasteiger partial charge in [0.1, 0.15) is 0 Å². The first-order valence-electron chi connectivity index (χ1n) is 3.72. The lowest BCUT2D eigenvalue weighted by molar-refractivity contribution is 0.812. The van der Waals surface area contributed by atoms with Crippen LogP contribution in [0.5, 0.6) is 0 Å². The van der Waals surface area contributed by atoms with E-state index in [9.17, 15) is 0 Å². The Balaban J connectivity index is 2.12. The molecular formula is C8H11NS. The van der Waals surface area contributed by atoms with E-state index >= 15 is 0 Å². The molecule has 1 nitrogen and oxygen atoms in total. The Kier molecular flexibility index (Phi) is 1.72. The predicted octanol–water partition coefficient (Wildman–Crippen LogP) is 2.58. The molecule has 0 aromatic carbocycles. The summed E-state index contributed by atoms with van der Waals surface area (Å²) in [6.45, 7) is 0. The van der Waals surface area contributed by atoms with Crippen LogP contribution < -0.4 is 0 Å². The summed E-state index contributed by atoms with van der Waals surface area (Å²) in [5.41, 5.74) is 1.41. The topological polar surface area (TPSA) is 15.8 Å². The molecule has 0 aliphatic carbocycles. The van der Waals surface area contributed by atoms with Crippen molar-refractivity contribution in [3.8, 4) is 0 Å². The number of aromatic amines is 1. The summed E-state index contributed by atoms with van der Waals surface area (Å²) in [6, 6.07) is 4.26. The Hall–Kier alpha value is -0.370. The number of H-pyrrole nitrogens is 1. The lowest BCUT2D eigenvalue weighted by Gasteiger charge is -2.03. The molecule has 2 heteroatoms. The van der Waals surface area contributed by atoms with E-state index < -0.39 is 0 Å². The molecule has 1 saturated heterocycles. The number of hydrogen-bond donors (Lipinski definition) is 1. The first-order chi connectivity index (χ1) is 4.97. The van der Waals surface area contributed by atoms with Crippen molar-refractivity contribution >= 4 is 11.8 Å². The van der Waals surface area contributed by atoms with E-state index in [0.29, 0.717) is 0 Å². The van der Waals surface area contributed by atoms with Crippen molar-refractivity contribution < 1.29 is 0 Å². The van der Waals surface area contributed by atoms with Gasteiger partial charge in [-0.3, -0.25) is 0 Å². The Morgan fingerprint density at radius 1 is 1.60 bits per heavy atom. The van der Waals surface area contributed by atoms with Crippen LogP contribution in [-0.4, -0.2) is 10.7 Å². The van der Waals surface area contributed by atoms with Crippen LogP contribution >= 0.6 is 11.8 Å². The molecule has 0 amide bonds. The standard InChI is InChI=1S/C8H11NS/c1-3-7(9-5-1)8-4-2-6-10-8/h1,3,5,8-9H,2,4,6H2. The third-order valence-electron chi connectivity index (χ3n) is 1.90. The average Bonchev–Trinajstić information content (AvgIpc) is 2.59. The second-order valence-electron chi connectivity index (χ2n) is 2.63. The summed E-state index contributed by atoms with van der Waals surface area (Å²) in [5.74, 6) is 1.34. The number of hydrogen-bond acceptors (Lipinski definition) is 1. The first kappa shape index (κ1) is 6.35. The van der Waals surface area contributed by atoms with Crippen molar-refractivity contribution in [2.24, 2.45) is 0 Å². The van der Waals surface area contributed by atoms with Crippen molar-refractivity contribution in [3.05, 3.63) is 24.0 Å². The summed E-state index contributed by atoms with van der Waals surface area (Å²) in [4.78, 5) is 3.26. The predicted molar refractivity (Wildman–Crippen MR) is 45.2 cm³/mol. The van der Waals surface area contributed by atoms with Gasteiger partial charge >= 0.3 is 0 Å². The van der Waals surface area contributed by atoms with Gasteiger partial charge < -0.3 is 4.98 Å². The second-order valence-corrected chi connectivity index (χ2v) is 3.94. The number of nitrogens with one attached hydrogen (secondary N) is 1. The Morgan fingerprint density at radius 2 is 2.60 bits per heavy atom. The van der Waals surface area contributed by atoms with Crippen molar-refractivity contribution in [1.29, 1.82) is 0 Å². The molecule has 1 unspecified atom stereocenters. The highest BCUT2D eigenvalue weighted by Crippen LogP contribution is 2.38. The van der Waals surface area contributed by atoms with E-state index in [1.165, 1.54) is 24.3 Å². The van der Waals surface area contributed by atoms with Crippen molar-refractivity contribution in [1.82, 2.24) is 4.98 Å². The second kappa shape index (κ2) is 2.70. The molecule has 1 aliphatic heterocycles. The monoisotopic (exact) mass is 153 g/mol. The maximum absolute atomic E-state index is 3.26. The minimum atomic E-state index is 0.759.